The SMILES string of the molecule is C[C@H](O)[C@@H]1CCCCN1C(=O)c1ccc([N+](=O)[O-])cc1Cl. The second-order valence-corrected chi connectivity index (χ2v) is 5.63. The highest BCUT2D eigenvalue weighted by Crippen LogP contribution is 2.27. The van der Waals surface area contributed by atoms with E-state index in [1.807, 2.05) is 0 Å². The molecule has 1 aromatic rings. The summed E-state index contributed by atoms with van der Waals surface area (Å²) in [5.74, 6) is -0.291. The number of nitro benzene ring substituents is 1. The first-order chi connectivity index (χ1) is 9.91. The van der Waals surface area contributed by atoms with Gasteiger partial charge in [-0.2, -0.15) is 0 Å². The fourth-order valence-electron chi connectivity index (χ4n) is 2.66. The minimum Gasteiger partial charge on any atom is -0.391 e. The van der Waals surface area contributed by atoms with E-state index in [9.17, 15) is 20.0 Å². The quantitative estimate of drug-likeness (QED) is 0.687. The van der Waals surface area contributed by atoms with Gasteiger partial charge in [-0.3, -0.25) is 14.9 Å². The summed E-state index contributed by atoms with van der Waals surface area (Å²) in [5, 5.41) is 20.6. The van der Waals surface area contributed by atoms with Crippen molar-refractivity contribution in [2.75, 3.05) is 6.54 Å². The highest BCUT2D eigenvalue weighted by molar-refractivity contribution is 6.34. The van der Waals surface area contributed by atoms with E-state index in [0.29, 0.717) is 6.54 Å². The standard InChI is InChI=1S/C14H17ClN2O4/c1-9(18)13-4-2-3-7-16(13)14(19)11-6-5-10(17(20)21)8-12(11)15/h5-6,8-9,13,18H,2-4,7H2,1H3/t9-,13-/m0/s1. The van der Waals surface area contributed by atoms with Crippen molar-refractivity contribution < 1.29 is 14.8 Å². The Balaban J connectivity index is 2.28. The van der Waals surface area contributed by atoms with Gasteiger partial charge >= 0.3 is 0 Å². The smallest absolute Gasteiger partial charge is 0.270 e. The van der Waals surface area contributed by atoms with E-state index in [1.165, 1.54) is 18.2 Å². The molecule has 0 spiro atoms. The number of nitro groups is 1. The third-order valence-corrected chi connectivity index (χ3v) is 4.07. The van der Waals surface area contributed by atoms with Crippen LogP contribution < -0.4 is 0 Å². The molecule has 1 fully saturated rings. The molecule has 1 aliphatic heterocycles. The largest absolute Gasteiger partial charge is 0.391 e. The molecule has 0 aliphatic carbocycles. The van der Waals surface area contributed by atoms with Gasteiger partial charge in [0.2, 0.25) is 0 Å². The Labute approximate surface area is 127 Å². The molecule has 2 atom stereocenters. The number of piperidine rings is 1. The average Bonchev–Trinajstić information content (AvgIpc) is 2.46. The molecule has 1 amide bonds. The van der Waals surface area contributed by atoms with E-state index in [4.69, 9.17) is 11.6 Å². The van der Waals surface area contributed by atoms with Crippen molar-refractivity contribution in [3.63, 3.8) is 0 Å². The van der Waals surface area contributed by atoms with E-state index < -0.39 is 11.0 Å². The van der Waals surface area contributed by atoms with Gasteiger partial charge in [0.1, 0.15) is 0 Å². The Bertz CT molecular complexity index is 562. The Morgan fingerprint density at radius 1 is 1.52 bits per heavy atom. The zero-order valence-electron chi connectivity index (χ0n) is 11.7. The number of hydrogen-bond acceptors (Lipinski definition) is 4. The second-order valence-electron chi connectivity index (χ2n) is 5.22. The van der Waals surface area contributed by atoms with Crippen LogP contribution in [0.25, 0.3) is 0 Å². The fraction of sp³-hybridized carbons (Fsp3) is 0.500. The van der Waals surface area contributed by atoms with Crippen LogP contribution >= 0.6 is 11.6 Å². The number of likely N-dealkylation sites (tertiary alicyclic amines) is 1. The first-order valence-corrected chi connectivity index (χ1v) is 7.22. The predicted octanol–water partition coefficient (Wildman–Crippen LogP) is 2.62. The zero-order valence-corrected chi connectivity index (χ0v) is 12.4. The number of aliphatic hydroxyl groups is 1. The molecule has 1 saturated heterocycles. The molecular formula is C14H17ClN2O4. The van der Waals surface area contributed by atoms with E-state index in [1.54, 1.807) is 11.8 Å². The van der Waals surface area contributed by atoms with Crippen LogP contribution in [0.2, 0.25) is 5.02 Å². The lowest BCUT2D eigenvalue weighted by atomic mass is 9.97. The van der Waals surface area contributed by atoms with Crippen LogP contribution in [0.5, 0.6) is 0 Å². The zero-order chi connectivity index (χ0) is 15.6. The summed E-state index contributed by atoms with van der Waals surface area (Å²) in [7, 11) is 0. The van der Waals surface area contributed by atoms with Gasteiger partial charge in [0.15, 0.2) is 0 Å². The number of non-ortho nitro benzene ring substituents is 1. The normalized spacial score (nSPS) is 20.1. The van der Waals surface area contributed by atoms with Gasteiger partial charge in [-0.15, -0.1) is 0 Å². The summed E-state index contributed by atoms with van der Waals surface area (Å²) >= 11 is 6.00. The van der Waals surface area contributed by atoms with Gasteiger partial charge < -0.3 is 10.0 Å². The van der Waals surface area contributed by atoms with Gasteiger partial charge in [0.25, 0.3) is 11.6 Å². The Kier molecular flexibility index (Phi) is 4.80. The summed E-state index contributed by atoms with van der Waals surface area (Å²) in [5.41, 5.74) is 0.0806. The van der Waals surface area contributed by atoms with E-state index >= 15 is 0 Å². The lowest BCUT2D eigenvalue weighted by molar-refractivity contribution is -0.384. The van der Waals surface area contributed by atoms with Crippen LogP contribution in [0, 0.1) is 10.1 Å². The number of carbonyl (C=O) groups is 1. The van der Waals surface area contributed by atoms with Crippen molar-refractivity contribution in [3.05, 3.63) is 38.9 Å². The van der Waals surface area contributed by atoms with Crippen molar-refractivity contribution in [3.8, 4) is 0 Å². The van der Waals surface area contributed by atoms with Crippen LogP contribution in [0.15, 0.2) is 18.2 Å². The molecule has 0 radical (unpaired) electrons. The van der Waals surface area contributed by atoms with Crippen LogP contribution in [-0.4, -0.2) is 39.5 Å². The first-order valence-electron chi connectivity index (χ1n) is 6.85. The fourth-order valence-corrected chi connectivity index (χ4v) is 2.91. The van der Waals surface area contributed by atoms with Gasteiger partial charge in [-0.1, -0.05) is 11.6 Å². The number of hydrogen-bond donors (Lipinski definition) is 1. The maximum Gasteiger partial charge on any atom is 0.270 e. The third-order valence-electron chi connectivity index (χ3n) is 3.76. The van der Waals surface area contributed by atoms with E-state index in [0.717, 1.165) is 19.3 Å². The molecule has 0 aromatic heterocycles. The molecule has 0 saturated carbocycles. The van der Waals surface area contributed by atoms with Crippen molar-refractivity contribution in [1.82, 2.24) is 4.90 Å². The minimum atomic E-state index is -0.619. The van der Waals surface area contributed by atoms with Gasteiger partial charge in [-0.25, -0.2) is 0 Å². The summed E-state index contributed by atoms with van der Waals surface area (Å²) in [6.07, 6.45) is 1.96. The number of nitrogens with zero attached hydrogens (tertiary/aromatic N) is 2. The lowest BCUT2D eigenvalue weighted by Gasteiger charge is -2.37. The molecule has 21 heavy (non-hydrogen) atoms. The number of amides is 1. The Morgan fingerprint density at radius 3 is 2.81 bits per heavy atom. The topological polar surface area (TPSA) is 83.7 Å². The molecule has 0 bridgehead atoms. The summed E-state index contributed by atoms with van der Waals surface area (Å²) in [4.78, 5) is 24.3. The van der Waals surface area contributed by atoms with E-state index in [-0.39, 0.29) is 28.2 Å². The van der Waals surface area contributed by atoms with Crippen molar-refractivity contribution in [1.29, 1.82) is 0 Å². The average molecular weight is 313 g/mol. The Morgan fingerprint density at radius 2 is 2.24 bits per heavy atom. The molecule has 6 nitrogen and oxygen atoms in total. The molecule has 2 rings (SSSR count). The molecule has 0 unspecified atom stereocenters. The molecule has 1 N–H and O–H groups in total. The molecule has 1 aromatic carbocycles. The highest BCUT2D eigenvalue weighted by atomic mass is 35.5. The number of benzene rings is 1. The maximum atomic E-state index is 12.6. The van der Waals surface area contributed by atoms with Crippen LogP contribution in [0.3, 0.4) is 0 Å². The summed E-state index contributed by atoms with van der Waals surface area (Å²) < 4.78 is 0. The van der Waals surface area contributed by atoms with Gasteiger partial charge in [0, 0.05) is 18.7 Å². The summed E-state index contributed by atoms with van der Waals surface area (Å²) in [6.45, 7) is 2.22. The lowest BCUT2D eigenvalue weighted by Crippen LogP contribution is -2.49. The highest BCUT2D eigenvalue weighted by Gasteiger charge is 2.31. The van der Waals surface area contributed by atoms with Crippen molar-refractivity contribution in [2.45, 2.75) is 38.3 Å². The molecule has 1 heterocycles. The second kappa shape index (κ2) is 6.41. The maximum absolute atomic E-state index is 12.6. The number of aliphatic hydroxyl groups excluding tert-OH is 1. The number of rotatable bonds is 3. The van der Waals surface area contributed by atoms with E-state index in [2.05, 4.69) is 0 Å². The minimum absolute atomic E-state index is 0.0594. The molecule has 114 valence electrons. The van der Waals surface area contributed by atoms with Crippen molar-refractivity contribution in [2.24, 2.45) is 0 Å². The molecule has 7 heteroatoms. The van der Waals surface area contributed by atoms with Crippen molar-refractivity contribution >= 4 is 23.2 Å². The monoisotopic (exact) mass is 312 g/mol. The number of halogens is 1. The number of carbonyl (C=O) groups excluding carboxylic acids is 1. The molecular weight excluding hydrogens is 296 g/mol. The molecule has 1 aliphatic rings. The van der Waals surface area contributed by atoms with Crippen LogP contribution in [0.1, 0.15) is 36.5 Å². The first kappa shape index (κ1) is 15.7. The van der Waals surface area contributed by atoms with Gasteiger partial charge in [0.05, 0.1) is 27.7 Å². The van der Waals surface area contributed by atoms with Crippen LogP contribution in [0.4, 0.5) is 5.69 Å². The third kappa shape index (κ3) is 3.33. The predicted molar refractivity (Wildman–Crippen MR) is 78.5 cm³/mol. The Hall–Kier alpha value is -1.66. The summed E-state index contributed by atoms with van der Waals surface area (Å²) in [6, 6.07) is 3.57. The van der Waals surface area contributed by atoms with Crippen LogP contribution in [-0.2, 0) is 0 Å². The van der Waals surface area contributed by atoms with Gasteiger partial charge in [-0.05, 0) is 32.3 Å².